The molecule has 0 bridgehead atoms. The van der Waals surface area contributed by atoms with Crippen molar-refractivity contribution in [3.05, 3.63) is 0 Å². The maximum atomic E-state index is 11.9. The molecular weight excluding hydrogens is 161 g/mol. The molecule has 0 aliphatic carbocycles. The van der Waals surface area contributed by atoms with Crippen LogP contribution in [0.1, 0.15) is 0 Å². The molecule has 1 atom stereocenters. The molecule has 0 aromatic heterocycles. The number of nitrogens with zero attached hydrogens (tertiary/aromatic N) is 1. The van der Waals surface area contributed by atoms with Gasteiger partial charge in [0.2, 0.25) is 0 Å². The molecule has 64 valence electrons. The van der Waals surface area contributed by atoms with Crippen LogP contribution in [0.5, 0.6) is 0 Å². The van der Waals surface area contributed by atoms with Crippen molar-refractivity contribution in [1.29, 1.82) is 0 Å². The van der Waals surface area contributed by atoms with Gasteiger partial charge in [-0.2, -0.15) is 13.2 Å². The van der Waals surface area contributed by atoms with Crippen LogP contribution in [0.25, 0.3) is 0 Å². The lowest BCUT2D eigenvalue weighted by atomic mass is 10.3. The number of alkyl halides is 3. The van der Waals surface area contributed by atoms with E-state index in [9.17, 15) is 13.2 Å². The Kier molecular flexibility index (Phi) is 2.03. The van der Waals surface area contributed by atoms with Crippen LogP contribution in [0, 0.1) is 0 Å². The smallest absolute Gasteiger partial charge is 0.386 e. The second-order valence-electron chi connectivity index (χ2n) is 2.19. The summed E-state index contributed by atoms with van der Waals surface area (Å²) in [5.41, 5.74) is 5.05. The largest absolute Gasteiger partial charge is 0.413 e. The summed E-state index contributed by atoms with van der Waals surface area (Å²) in [5.74, 6) is -0.0985. The van der Waals surface area contributed by atoms with Crippen LogP contribution in [0.2, 0.25) is 0 Å². The standard InChI is InChI=1S/C5H7F3N2O/c6-5(7,8)3-1-11-2-4(9)10-3/h3H,1-2H2,(H2,9,10)/t3-/m1/s1. The van der Waals surface area contributed by atoms with Crippen LogP contribution in [0.15, 0.2) is 4.99 Å². The third-order valence-corrected chi connectivity index (χ3v) is 1.23. The molecular formula is C5H7F3N2O. The number of halogens is 3. The van der Waals surface area contributed by atoms with E-state index in [0.29, 0.717) is 0 Å². The highest BCUT2D eigenvalue weighted by Crippen LogP contribution is 2.24. The Morgan fingerprint density at radius 3 is 2.55 bits per heavy atom. The average molecular weight is 168 g/mol. The molecule has 1 rings (SSSR count). The van der Waals surface area contributed by atoms with E-state index in [-0.39, 0.29) is 12.4 Å². The Morgan fingerprint density at radius 2 is 2.18 bits per heavy atom. The maximum Gasteiger partial charge on any atom is 0.413 e. The van der Waals surface area contributed by atoms with E-state index in [1.165, 1.54) is 0 Å². The van der Waals surface area contributed by atoms with Crippen molar-refractivity contribution in [2.24, 2.45) is 10.7 Å². The summed E-state index contributed by atoms with van der Waals surface area (Å²) < 4.78 is 40.2. The lowest BCUT2D eigenvalue weighted by Crippen LogP contribution is -2.39. The van der Waals surface area contributed by atoms with E-state index < -0.39 is 18.8 Å². The van der Waals surface area contributed by atoms with Gasteiger partial charge in [0.05, 0.1) is 6.61 Å². The summed E-state index contributed by atoms with van der Waals surface area (Å²) in [7, 11) is 0. The van der Waals surface area contributed by atoms with Crippen molar-refractivity contribution < 1.29 is 17.9 Å². The van der Waals surface area contributed by atoms with Gasteiger partial charge in [-0.1, -0.05) is 0 Å². The first-order chi connectivity index (χ1) is 5.00. The van der Waals surface area contributed by atoms with Crippen molar-refractivity contribution >= 4 is 5.84 Å². The first-order valence-corrected chi connectivity index (χ1v) is 2.97. The van der Waals surface area contributed by atoms with Gasteiger partial charge in [0, 0.05) is 0 Å². The highest BCUT2D eigenvalue weighted by Gasteiger charge is 2.41. The van der Waals surface area contributed by atoms with E-state index in [1.54, 1.807) is 0 Å². The molecule has 0 aromatic carbocycles. The zero-order chi connectivity index (χ0) is 8.48. The number of ether oxygens (including phenoxy) is 1. The van der Waals surface area contributed by atoms with Crippen molar-refractivity contribution in [3.8, 4) is 0 Å². The van der Waals surface area contributed by atoms with E-state index >= 15 is 0 Å². The first kappa shape index (κ1) is 8.32. The van der Waals surface area contributed by atoms with E-state index in [1.807, 2.05) is 0 Å². The Morgan fingerprint density at radius 1 is 1.55 bits per heavy atom. The van der Waals surface area contributed by atoms with E-state index in [0.717, 1.165) is 0 Å². The summed E-state index contributed by atoms with van der Waals surface area (Å²) in [5, 5.41) is 0. The van der Waals surface area contributed by atoms with Gasteiger partial charge in [-0.3, -0.25) is 4.99 Å². The van der Waals surface area contributed by atoms with Gasteiger partial charge >= 0.3 is 6.18 Å². The van der Waals surface area contributed by atoms with Crippen molar-refractivity contribution in [2.45, 2.75) is 12.2 Å². The summed E-state index contributed by atoms with van der Waals surface area (Å²) >= 11 is 0. The number of rotatable bonds is 0. The molecule has 0 fully saturated rings. The fourth-order valence-corrected chi connectivity index (χ4v) is 0.718. The van der Waals surface area contributed by atoms with Crippen LogP contribution >= 0.6 is 0 Å². The molecule has 0 saturated carbocycles. The molecule has 0 amide bonds. The van der Waals surface area contributed by atoms with Gasteiger partial charge in [0.1, 0.15) is 12.4 Å². The fourth-order valence-electron chi connectivity index (χ4n) is 0.718. The third kappa shape index (κ3) is 2.07. The quantitative estimate of drug-likeness (QED) is 0.565. The zero-order valence-electron chi connectivity index (χ0n) is 5.56. The topological polar surface area (TPSA) is 47.6 Å². The molecule has 6 heteroatoms. The number of hydrogen-bond acceptors (Lipinski definition) is 3. The minimum Gasteiger partial charge on any atom is -0.386 e. The predicted octanol–water partition coefficient (Wildman–Crippen LogP) is 0.305. The lowest BCUT2D eigenvalue weighted by Gasteiger charge is -2.20. The lowest BCUT2D eigenvalue weighted by molar-refractivity contribution is -0.159. The summed E-state index contributed by atoms with van der Waals surface area (Å²) in [6.07, 6.45) is -4.34. The normalized spacial score (nSPS) is 26.5. The molecule has 0 saturated heterocycles. The summed E-state index contributed by atoms with van der Waals surface area (Å²) in [6.45, 7) is -0.434. The minimum atomic E-state index is -4.34. The van der Waals surface area contributed by atoms with Crippen molar-refractivity contribution in [1.82, 2.24) is 0 Å². The summed E-state index contributed by atoms with van der Waals surface area (Å²) in [4.78, 5) is 3.20. The highest BCUT2D eigenvalue weighted by molar-refractivity contribution is 5.82. The number of hydrogen-bond donors (Lipinski definition) is 1. The molecule has 1 aliphatic rings. The molecule has 1 aliphatic heterocycles. The van der Waals surface area contributed by atoms with Crippen molar-refractivity contribution in [2.75, 3.05) is 13.2 Å². The third-order valence-electron chi connectivity index (χ3n) is 1.23. The van der Waals surface area contributed by atoms with Gasteiger partial charge in [-0.15, -0.1) is 0 Å². The summed E-state index contributed by atoms with van der Waals surface area (Å²) in [6, 6.07) is -1.78. The Bertz CT molecular complexity index is 177. The van der Waals surface area contributed by atoms with Crippen molar-refractivity contribution in [3.63, 3.8) is 0 Å². The number of nitrogens with two attached hydrogens (primary N) is 1. The van der Waals surface area contributed by atoms with Crippen LogP contribution in [-0.2, 0) is 4.74 Å². The molecule has 0 radical (unpaired) electrons. The Hall–Kier alpha value is -0.780. The van der Waals surface area contributed by atoms with Crippen LogP contribution in [0.4, 0.5) is 13.2 Å². The molecule has 0 unspecified atom stereocenters. The molecule has 2 N–H and O–H groups in total. The van der Waals surface area contributed by atoms with Gasteiger partial charge in [0.25, 0.3) is 0 Å². The predicted molar refractivity (Wildman–Crippen MR) is 32.3 cm³/mol. The van der Waals surface area contributed by atoms with Gasteiger partial charge in [-0.05, 0) is 0 Å². The molecule has 0 spiro atoms. The van der Waals surface area contributed by atoms with Gasteiger partial charge < -0.3 is 10.5 Å². The SMILES string of the molecule is NC1=N[C@@H](C(F)(F)F)COC1. The molecule has 1 heterocycles. The maximum absolute atomic E-state index is 11.9. The molecule has 3 nitrogen and oxygen atoms in total. The van der Waals surface area contributed by atoms with Gasteiger partial charge in [-0.25, -0.2) is 0 Å². The monoisotopic (exact) mass is 168 g/mol. The second kappa shape index (κ2) is 2.69. The number of amidine groups is 1. The van der Waals surface area contributed by atoms with Crippen LogP contribution < -0.4 is 5.73 Å². The van der Waals surface area contributed by atoms with E-state index in [2.05, 4.69) is 9.73 Å². The fraction of sp³-hybridized carbons (Fsp3) is 0.800. The highest BCUT2D eigenvalue weighted by atomic mass is 19.4. The van der Waals surface area contributed by atoms with Crippen LogP contribution in [-0.4, -0.2) is 31.3 Å². The van der Waals surface area contributed by atoms with Gasteiger partial charge in [0.15, 0.2) is 6.04 Å². The number of aliphatic imine (C=N–C) groups is 1. The Labute approximate surface area is 61.0 Å². The van der Waals surface area contributed by atoms with E-state index in [4.69, 9.17) is 5.73 Å². The minimum absolute atomic E-state index is 0.00736. The Balaban J connectivity index is 2.67. The zero-order valence-corrected chi connectivity index (χ0v) is 5.56. The average Bonchev–Trinajstić information content (AvgIpc) is 1.86. The second-order valence-corrected chi connectivity index (χ2v) is 2.19. The van der Waals surface area contributed by atoms with Crippen LogP contribution in [0.3, 0.4) is 0 Å². The molecule has 0 aromatic rings. The molecule has 11 heavy (non-hydrogen) atoms. The first-order valence-electron chi connectivity index (χ1n) is 2.97.